The topological polar surface area (TPSA) is 12.9 Å². The van der Waals surface area contributed by atoms with E-state index in [1.165, 1.54) is 5.56 Å². The van der Waals surface area contributed by atoms with Crippen LogP contribution in [0.3, 0.4) is 0 Å². The molecule has 1 nitrogen and oxygen atoms in total. The molecule has 2 aromatic rings. The number of benzene rings is 1. The quantitative estimate of drug-likeness (QED) is 0.697. The Labute approximate surface area is 95.8 Å². The van der Waals surface area contributed by atoms with Crippen molar-refractivity contribution >= 4 is 12.2 Å². The Balaban J connectivity index is 1.98. The smallest absolute Gasteiger partial charge is 0.0340 e. The maximum Gasteiger partial charge on any atom is 0.0340 e. The van der Waals surface area contributed by atoms with Gasteiger partial charge in [0.05, 0.1) is 0 Å². The lowest BCUT2D eigenvalue weighted by molar-refractivity contribution is 1.32. The summed E-state index contributed by atoms with van der Waals surface area (Å²) < 4.78 is 0. The molecule has 0 saturated heterocycles. The Morgan fingerprint density at radius 1 is 0.750 bits per heavy atom. The van der Waals surface area contributed by atoms with E-state index >= 15 is 0 Å². The fraction of sp³-hybridized carbons (Fsp3) is 0. The van der Waals surface area contributed by atoms with Crippen molar-refractivity contribution in [3.05, 3.63) is 78.1 Å². The summed E-state index contributed by atoms with van der Waals surface area (Å²) in [6.45, 7) is 0. The molecule has 0 unspecified atom stereocenters. The molecule has 0 amide bonds. The zero-order valence-electron chi connectivity index (χ0n) is 8.95. The van der Waals surface area contributed by atoms with Crippen LogP contribution in [-0.4, -0.2) is 4.98 Å². The van der Waals surface area contributed by atoms with Crippen LogP contribution in [0, 0.1) is 0 Å². The zero-order chi connectivity index (χ0) is 11.1. The van der Waals surface area contributed by atoms with Gasteiger partial charge in [-0.1, -0.05) is 60.7 Å². The number of nitrogens with zero attached hydrogens (tertiary/aromatic N) is 1. The van der Waals surface area contributed by atoms with Crippen molar-refractivity contribution in [3.63, 3.8) is 0 Å². The maximum absolute atomic E-state index is 4.05. The van der Waals surface area contributed by atoms with Crippen molar-refractivity contribution in [1.82, 2.24) is 4.98 Å². The summed E-state index contributed by atoms with van der Waals surface area (Å²) in [6.07, 6.45) is 11.8. The van der Waals surface area contributed by atoms with Gasteiger partial charge in [-0.25, -0.2) is 0 Å². The molecule has 1 aromatic heterocycles. The van der Waals surface area contributed by atoms with Crippen LogP contribution in [-0.2, 0) is 0 Å². The third-order valence-electron chi connectivity index (χ3n) is 2.17. The standard InChI is InChI=1S/C15H13N/c1-2-7-14(8-3-1)9-4-5-10-15-11-6-12-16-13-15/h1-13H/b9-4-,10-5+. The number of allylic oxidation sites excluding steroid dienone is 2. The van der Waals surface area contributed by atoms with E-state index in [0.29, 0.717) is 0 Å². The second-order valence-electron chi connectivity index (χ2n) is 3.42. The fourth-order valence-corrected chi connectivity index (χ4v) is 1.37. The van der Waals surface area contributed by atoms with Crippen LogP contribution in [0.15, 0.2) is 67.0 Å². The largest absolute Gasteiger partial charge is 0.264 e. The maximum atomic E-state index is 4.05. The van der Waals surface area contributed by atoms with Crippen LogP contribution in [0.1, 0.15) is 11.1 Å². The van der Waals surface area contributed by atoms with Gasteiger partial charge in [-0.3, -0.25) is 4.98 Å². The van der Waals surface area contributed by atoms with Gasteiger partial charge < -0.3 is 0 Å². The molecule has 0 bridgehead atoms. The van der Waals surface area contributed by atoms with Crippen LogP contribution in [0.5, 0.6) is 0 Å². The Kier molecular flexibility index (Phi) is 3.67. The molecular formula is C15H13N. The van der Waals surface area contributed by atoms with Gasteiger partial charge in [0, 0.05) is 12.4 Å². The highest BCUT2D eigenvalue weighted by atomic mass is 14.6. The molecule has 1 heterocycles. The summed E-state index contributed by atoms with van der Waals surface area (Å²) in [5, 5.41) is 0. The molecule has 1 heteroatoms. The minimum atomic E-state index is 1.11. The van der Waals surface area contributed by atoms with E-state index < -0.39 is 0 Å². The normalized spacial score (nSPS) is 11.2. The van der Waals surface area contributed by atoms with Gasteiger partial charge in [0.1, 0.15) is 0 Å². The second-order valence-corrected chi connectivity index (χ2v) is 3.42. The SMILES string of the molecule is C(=C/c1ccccc1)/C=C/c1cccnc1. The molecule has 0 saturated carbocycles. The van der Waals surface area contributed by atoms with Crippen LogP contribution >= 0.6 is 0 Å². The Morgan fingerprint density at radius 3 is 2.12 bits per heavy atom. The van der Waals surface area contributed by atoms with E-state index in [0.717, 1.165) is 5.56 Å². The van der Waals surface area contributed by atoms with Crippen molar-refractivity contribution in [2.45, 2.75) is 0 Å². The van der Waals surface area contributed by atoms with E-state index in [2.05, 4.69) is 23.2 Å². The number of pyridine rings is 1. The van der Waals surface area contributed by atoms with Crippen LogP contribution in [0.25, 0.3) is 12.2 Å². The van der Waals surface area contributed by atoms with E-state index in [1.807, 2.05) is 54.8 Å². The molecule has 16 heavy (non-hydrogen) atoms. The lowest BCUT2D eigenvalue weighted by Crippen LogP contribution is -1.72. The van der Waals surface area contributed by atoms with Gasteiger partial charge in [0.25, 0.3) is 0 Å². The predicted molar refractivity (Wildman–Crippen MR) is 68.7 cm³/mol. The molecule has 0 aliphatic rings. The van der Waals surface area contributed by atoms with Gasteiger partial charge in [-0.2, -0.15) is 0 Å². The molecule has 1 aromatic carbocycles. The summed E-state index contributed by atoms with van der Waals surface area (Å²) in [5.41, 5.74) is 2.32. The Bertz CT molecular complexity index is 422. The molecule has 0 aliphatic carbocycles. The van der Waals surface area contributed by atoms with E-state index in [-0.39, 0.29) is 0 Å². The Hall–Kier alpha value is -2.15. The van der Waals surface area contributed by atoms with Crippen molar-refractivity contribution in [1.29, 1.82) is 0 Å². The summed E-state index contributed by atoms with van der Waals surface area (Å²) in [4.78, 5) is 4.05. The molecule has 0 spiro atoms. The van der Waals surface area contributed by atoms with Crippen molar-refractivity contribution < 1.29 is 0 Å². The Morgan fingerprint density at radius 2 is 1.44 bits per heavy atom. The minimum absolute atomic E-state index is 1.11. The molecule has 0 aliphatic heterocycles. The summed E-state index contributed by atoms with van der Waals surface area (Å²) in [7, 11) is 0. The zero-order valence-corrected chi connectivity index (χ0v) is 8.95. The van der Waals surface area contributed by atoms with E-state index in [1.54, 1.807) is 6.20 Å². The van der Waals surface area contributed by atoms with Gasteiger partial charge in [0.15, 0.2) is 0 Å². The van der Waals surface area contributed by atoms with Gasteiger partial charge in [-0.05, 0) is 17.2 Å². The molecular weight excluding hydrogens is 194 g/mol. The second kappa shape index (κ2) is 5.66. The highest BCUT2D eigenvalue weighted by Gasteiger charge is 1.82. The summed E-state index contributed by atoms with van der Waals surface area (Å²) in [5.74, 6) is 0. The van der Waals surface area contributed by atoms with Crippen molar-refractivity contribution in [2.75, 3.05) is 0 Å². The first kappa shape index (κ1) is 10.4. The van der Waals surface area contributed by atoms with Crippen LogP contribution in [0.4, 0.5) is 0 Å². The van der Waals surface area contributed by atoms with Crippen LogP contribution < -0.4 is 0 Å². The fourth-order valence-electron chi connectivity index (χ4n) is 1.37. The van der Waals surface area contributed by atoms with Crippen molar-refractivity contribution in [2.24, 2.45) is 0 Å². The van der Waals surface area contributed by atoms with E-state index in [4.69, 9.17) is 0 Å². The average Bonchev–Trinajstić information content (AvgIpc) is 2.37. The molecule has 0 radical (unpaired) electrons. The molecule has 0 atom stereocenters. The highest BCUT2D eigenvalue weighted by molar-refractivity contribution is 5.56. The predicted octanol–water partition coefficient (Wildman–Crippen LogP) is 3.81. The molecule has 0 N–H and O–H groups in total. The third-order valence-corrected chi connectivity index (χ3v) is 2.17. The van der Waals surface area contributed by atoms with Gasteiger partial charge in [0.2, 0.25) is 0 Å². The average molecular weight is 207 g/mol. The third kappa shape index (κ3) is 3.21. The first-order valence-electron chi connectivity index (χ1n) is 5.25. The van der Waals surface area contributed by atoms with Gasteiger partial charge >= 0.3 is 0 Å². The first-order valence-corrected chi connectivity index (χ1v) is 5.25. The minimum Gasteiger partial charge on any atom is -0.264 e. The molecule has 78 valence electrons. The first-order chi connectivity index (χ1) is 7.95. The highest BCUT2D eigenvalue weighted by Crippen LogP contribution is 2.02. The molecule has 0 fully saturated rings. The lowest BCUT2D eigenvalue weighted by Gasteiger charge is -1.89. The number of hydrogen-bond donors (Lipinski definition) is 0. The van der Waals surface area contributed by atoms with Gasteiger partial charge in [-0.15, -0.1) is 0 Å². The summed E-state index contributed by atoms with van der Waals surface area (Å²) >= 11 is 0. The summed E-state index contributed by atoms with van der Waals surface area (Å²) in [6, 6.07) is 14.2. The number of aromatic nitrogens is 1. The number of rotatable bonds is 3. The van der Waals surface area contributed by atoms with Crippen LogP contribution in [0.2, 0.25) is 0 Å². The lowest BCUT2D eigenvalue weighted by atomic mass is 10.2. The monoisotopic (exact) mass is 207 g/mol. The van der Waals surface area contributed by atoms with Crippen molar-refractivity contribution in [3.8, 4) is 0 Å². The number of hydrogen-bond acceptors (Lipinski definition) is 1. The molecule has 2 rings (SSSR count). The van der Waals surface area contributed by atoms with E-state index in [9.17, 15) is 0 Å².